The smallest absolute Gasteiger partial charge is 0.295 e. The van der Waals surface area contributed by atoms with Gasteiger partial charge in [-0.3, -0.25) is 9.59 Å². The number of hydrogen-bond acceptors (Lipinski definition) is 6. The highest BCUT2D eigenvalue weighted by molar-refractivity contribution is 7.89. The molecular weight excluding hydrogens is 466 g/mol. The van der Waals surface area contributed by atoms with Gasteiger partial charge in [0.1, 0.15) is 5.76 Å². The second kappa shape index (κ2) is 10.7. The summed E-state index contributed by atoms with van der Waals surface area (Å²) < 4.78 is 26.3. The third-order valence-corrected chi connectivity index (χ3v) is 7.95. The summed E-state index contributed by atoms with van der Waals surface area (Å²) in [5.41, 5.74) is 1.95. The van der Waals surface area contributed by atoms with E-state index in [1.165, 1.54) is 43.3 Å². The van der Waals surface area contributed by atoms with E-state index in [0.717, 1.165) is 22.8 Å². The van der Waals surface area contributed by atoms with E-state index >= 15 is 0 Å². The normalized spacial score (nSPS) is 18.1. The molecule has 1 atom stereocenters. The van der Waals surface area contributed by atoms with Gasteiger partial charge in [0.25, 0.3) is 11.7 Å². The number of rotatable bonds is 9. The SMILES string of the molecule is CCc1ccc(C2/C(=C(/O)c3cccc(S(=O)(=O)N(C)C)c3)C(=O)C(=O)N2CCCN(C)C)cc1. The average Bonchev–Trinajstić information content (AvgIpc) is 3.08. The maximum absolute atomic E-state index is 13.2. The lowest BCUT2D eigenvalue weighted by molar-refractivity contribution is -0.139. The number of aryl methyl sites for hydroxylation is 1. The van der Waals surface area contributed by atoms with Crippen molar-refractivity contribution in [2.75, 3.05) is 41.3 Å². The van der Waals surface area contributed by atoms with Gasteiger partial charge >= 0.3 is 0 Å². The summed E-state index contributed by atoms with van der Waals surface area (Å²) in [6.07, 6.45) is 1.50. The molecule has 0 radical (unpaired) electrons. The van der Waals surface area contributed by atoms with Crippen LogP contribution in [0.5, 0.6) is 0 Å². The van der Waals surface area contributed by atoms with E-state index in [-0.39, 0.29) is 21.8 Å². The molecule has 1 unspecified atom stereocenters. The van der Waals surface area contributed by atoms with Gasteiger partial charge < -0.3 is 14.9 Å². The number of nitrogens with zero attached hydrogens (tertiary/aromatic N) is 3. The Morgan fingerprint density at radius 1 is 1.03 bits per heavy atom. The van der Waals surface area contributed by atoms with Gasteiger partial charge in [-0.1, -0.05) is 43.3 Å². The lowest BCUT2D eigenvalue weighted by atomic mass is 9.94. The molecule has 1 aliphatic rings. The summed E-state index contributed by atoms with van der Waals surface area (Å²) in [6, 6.07) is 12.6. The van der Waals surface area contributed by atoms with Crippen LogP contribution >= 0.6 is 0 Å². The highest BCUT2D eigenvalue weighted by atomic mass is 32.2. The molecule has 35 heavy (non-hydrogen) atoms. The van der Waals surface area contributed by atoms with E-state index < -0.39 is 27.8 Å². The zero-order valence-corrected chi connectivity index (χ0v) is 21.7. The standard InChI is InChI=1S/C26H33N3O5S/c1-6-18-11-13-19(14-12-18)23-22(25(31)26(32)29(23)16-8-15-27(2)3)24(30)20-9-7-10-21(17-20)35(33,34)28(4)5/h7,9-14,17,23,30H,6,8,15-16H2,1-5H3/b24-22-. The molecular formula is C26H33N3O5S. The van der Waals surface area contributed by atoms with E-state index in [0.29, 0.717) is 18.5 Å². The van der Waals surface area contributed by atoms with Crippen LogP contribution in [0.4, 0.5) is 0 Å². The number of Topliss-reactive ketones (excluding diaryl/α,β-unsaturated/α-hetero) is 1. The zero-order chi connectivity index (χ0) is 25.9. The van der Waals surface area contributed by atoms with Crippen molar-refractivity contribution in [2.24, 2.45) is 0 Å². The molecule has 1 heterocycles. The van der Waals surface area contributed by atoms with Crippen LogP contribution < -0.4 is 0 Å². The van der Waals surface area contributed by atoms with Gasteiger partial charge in [0, 0.05) is 26.2 Å². The monoisotopic (exact) mass is 499 g/mol. The minimum atomic E-state index is -3.75. The number of aliphatic hydroxyl groups is 1. The predicted octanol–water partition coefficient (Wildman–Crippen LogP) is 2.87. The topological polar surface area (TPSA) is 98.2 Å². The van der Waals surface area contributed by atoms with Crippen molar-refractivity contribution in [1.29, 1.82) is 0 Å². The van der Waals surface area contributed by atoms with E-state index in [4.69, 9.17) is 0 Å². The van der Waals surface area contributed by atoms with Crippen molar-refractivity contribution in [2.45, 2.75) is 30.7 Å². The van der Waals surface area contributed by atoms with Crippen molar-refractivity contribution in [3.05, 3.63) is 70.8 Å². The summed E-state index contributed by atoms with van der Waals surface area (Å²) in [5.74, 6) is -1.84. The molecule has 0 spiro atoms. The summed E-state index contributed by atoms with van der Waals surface area (Å²) in [7, 11) is 2.95. The van der Waals surface area contributed by atoms with Crippen molar-refractivity contribution in [1.82, 2.24) is 14.1 Å². The first kappa shape index (κ1) is 26.6. The summed E-state index contributed by atoms with van der Waals surface area (Å²) in [5, 5.41) is 11.3. The Hall–Kier alpha value is -3.01. The fourth-order valence-corrected chi connectivity index (χ4v) is 5.07. The summed E-state index contributed by atoms with van der Waals surface area (Å²) >= 11 is 0. The minimum Gasteiger partial charge on any atom is -0.507 e. The van der Waals surface area contributed by atoms with Crippen molar-refractivity contribution in [3.8, 4) is 0 Å². The Balaban J connectivity index is 2.14. The molecule has 0 bridgehead atoms. The molecule has 1 fully saturated rings. The fraction of sp³-hybridized carbons (Fsp3) is 0.385. The quantitative estimate of drug-likeness (QED) is 0.324. The zero-order valence-electron chi connectivity index (χ0n) is 20.9. The van der Waals surface area contributed by atoms with E-state index in [9.17, 15) is 23.1 Å². The summed E-state index contributed by atoms with van der Waals surface area (Å²) in [4.78, 5) is 29.7. The molecule has 2 aromatic carbocycles. The Bertz CT molecular complexity index is 1230. The lowest BCUT2D eigenvalue weighted by Crippen LogP contribution is -2.32. The number of carbonyl (C=O) groups is 2. The van der Waals surface area contributed by atoms with E-state index in [1.807, 2.05) is 50.2 Å². The molecule has 8 nitrogen and oxygen atoms in total. The number of benzene rings is 2. The van der Waals surface area contributed by atoms with Gasteiger partial charge in [0.05, 0.1) is 16.5 Å². The minimum absolute atomic E-state index is 0.0180. The summed E-state index contributed by atoms with van der Waals surface area (Å²) in [6.45, 7) is 3.11. The van der Waals surface area contributed by atoms with Crippen molar-refractivity contribution >= 4 is 27.5 Å². The van der Waals surface area contributed by atoms with Crippen LogP contribution in [0.25, 0.3) is 5.76 Å². The Morgan fingerprint density at radius 3 is 2.26 bits per heavy atom. The lowest BCUT2D eigenvalue weighted by Gasteiger charge is -2.26. The second-order valence-electron chi connectivity index (χ2n) is 9.06. The van der Waals surface area contributed by atoms with Crippen LogP contribution in [-0.4, -0.2) is 80.6 Å². The van der Waals surface area contributed by atoms with Gasteiger partial charge in [-0.2, -0.15) is 0 Å². The van der Waals surface area contributed by atoms with Gasteiger partial charge in [-0.25, -0.2) is 12.7 Å². The molecule has 188 valence electrons. The first-order valence-corrected chi connectivity index (χ1v) is 13.0. The number of aliphatic hydroxyl groups excluding tert-OH is 1. The number of carbonyl (C=O) groups excluding carboxylic acids is 2. The Kier molecular flexibility index (Phi) is 8.15. The molecule has 0 saturated carbocycles. The van der Waals surface area contributed by atoms with Gasteiger partial charge in [0.15, 0.2) is 0 Å². The molecule has 2 aromatic rings. The van der Waals surface area contributed by atoms with Crippen LogP contribution in [0.2, 0.25) is 0 Å². The molecule has 1 saturated heterocycles. The molecule has 3 rings (SSSR count). The van der Waals surface area contributed by atoms with Crippen LogP contribution in [-0.2, 0) is 26.0 Å². The molecule has 0 aromatic heterocycles. The maximum atomic E-state index is 13.2. The van der Waals surface area contributed by atoms with Crippen LogP contribution in [0.3, 0.4) is 0 Å². The van der Waals surface area contributed by atoms with Crippen LogP contribution in [0.15, 0.2) is 59.0 Å². The number of sulfonamides is 1. The Labute approximate surface area is 207 Å². The first-order valence-electron chi connectivity index (χ1n) is 11.5. The van der Waals surface area contributed by atoms with E-state index in [1.54, 1.807) is 0 Å². The highest BCUT2D eigenvalue weighted by Gasteiger charge is 2.45. The largest absolute Gasteiger partial charge is 0.507 e. The third kappa shape index (κ3) is 5.47. The van der Waals surface area contributed by atoms with E-state index in [2.05, 4.69) is 0 Å². The molecule has 1 amide bonds. The maximum Gasteiger partial charge on any atom is 0.295 e. The Morgan fingerprint density at radius 2 is 1.69 bits per heavy atom. The molecule has 1 aliphatic heterocycles. The molecule has 1 N–H and O–H groups in total. The molecule has 0 aliphatic carbocycles. The second-order valence-corrected chi connectivity index (χ2v) is 11.2. The number of amides is 1. The number of hydrogen-bond donors (Lipinski definition) is 1. The number of likely N-dealkylation sites (tertiary alicyclic amines) is 1. The first-order chi connectivity index (χ1) is 16.5. The van der Waals surface area contributed by atoms with Crippen LogP contribution in [0.1, 0.15) is 36.1 Å². The van der Waals surface area contributed by atoms with Crippen molar-refractivity contribution < 1.29 is 23.1 Å². The van der Waals surface area contributed by atoms with Crippen molar-refractivity contribution in [3.63, 3.8) is 0 Å². The van der Waals surface area contributed by atoms with Gasteiger partial charge in [-0.05, 0) is 56.7 Å². The molecule has 9 heteroatoms. The van der Waals surface area contributed by atoms with Gasteiger partial charge in [-0.15, -0.1) is 0 Å². The average molecular weight is 500 g/mol. The fourth-order valence-electron chi connectivity index (χ4n) is 4.12. The highest BCUT2D eigenvalue weighted by Crippen LogP contribution is 2.39. The third-order valence-electron chi connectivity index (χ3n) is 6.13. The predicted molar refractivity (Wildman–Crippen MR) is 135 cm³/mol. The number of ketones is 1. The van der Waals surface area contributed by atoms with Gasteiger partial charge in [0.2, 0.25) is 10.0 Å². The van der Waals surface area contributed by atoms with Crippen LogP contribution in [0, 0.1) is 0 Å².